The molecular formula is C21H37Cl2N3O. The minimum atomic E-state index is 0.0666. The van der Waals surface area contributed by atoms with Gasteiger partial charge in [-0.3, -0.25) is 0 Å². The Morgan fingerprint density at radius 3 is 1.33 bits per heavy atom. The highest BCUT2D eigenvalue weighted by molar-refractivity contribution is 6.31. The summed E-state index contributed by atoms with van der Waals surface area (Å²) in [6, 6.07) is 0.209. The van der Waals surface area contributed by atoms with E-state index in [1.165, 1.54) is 96.3 Å². The van der Waals surface area contributed by atoms with Gasteiger partial charge in [0.1, 0.15) is 0 Å². The minimum Gasteiger partial charge on any atom is -0.463 e. The predicted octanol–water partition coefficient (Wildman–Crippen LogP) is 7.82. The Morgan fingerprint density at radius 1 is 0.556 bits per heavy atom. The van der Waals surface area contributed by atoms with Crippen molar-refractivity contribution in [2.75, 3.05) is 6.61 Å². The molecule has 0 aliphatic heterocycles. The van der Waals surface area contributed by atoms with Crippen molar-refractivity contribution in [2.45, 2.75) is 110 Å². The lowest BCUT2D eigenvalue weighted by atomic mass is 10.0. The molecule has 0 fully saturated rings. The van der Waals surface area contributed by atoms with Crippen molar-refractivity contribution in [3.05, 3.63) is 10.6 Å². The topological polar surface area (TPSA) is 47.9 Å². The summed E-state index contributed by atoms with van der Waals surface area (Å²) in [6.07, 6.45) is 21.7. The quantitative estimate of drug-likeness (QED) is 0.228. The van der Waals surface area contributed by atoms with E-state index in [2.05, 4.69) is 21.9 Å². The van der Waals surface area contributed by atoms with E-state index in [1.54, 1.807) is 0 Å². The van der Waals surface area contributed by atoms with Crippen molar-refractivity contribution < 1.29 is 4.74 Å². The smallest absolute Gasteiger partial charge is 0.322 e. The largest absolute Gasteiger partial charge is 0.463 e. The molecule has 0 aliphatic rings. The number of ether oxygens (including phenoxy) is 1. The van der Waals surface area contributed by atoms with Crippen LogP contribution in [0, 0.1) is 0 Å². The van der Waals surface area contributed by atoms with E-state index in [4.69, 9.17) is 27.9 Å². The van der Waals surface area contributed by atoms with E-state index in [1.807, 2.05) is 0 Å². The molecule has 0 N–H and O–H groups in total. The summed E-state index contributed by atoms with van der Waals surface area (Å²) in [7, 11) is 0. The van der Waals surface area contributed by atoms with Gasteiger partial charge in [-0.2, -0.15) is 15.0 Å². The van der Waals surface area contributed by atoms with Crippen molar-refractivity contribution >= 4 is 23.2 Å². The maximum absolute atomic E-state index is 5.70. The third kappa shape index (κ3) is 15.0. The number of rotatable bonds is 18. The van der Waals surface area contributed by atoms with Crippen LogP contribution in [0.15, 0.2) is 0 Å². The zero-order valence-electron chi connectivity index (χ0n) is 17.0. The molecule has 156 valence electrons. The Balaban J connectivity index is 1.78. The molecule has 6 heteroatoms. The van der Waals surface area contributed by atoms with Crippen LogP contribution in [0.25, 0.3) is 0 Å². The molecular weight excluding hydrogens is 381 g/mol. The maximum Gasteiger partial charge on any atom is 0.322 e. The summed E-state index contributed by atoms with van der Waals surface area (Å²) in [5.41, 5.74) is 0. The van der Waals surface area contributed by atoms with E-state index in [9.17, 15) is 0 Å². The van der Waals surface area contributed by atoms with Gasteiger partial charge in [0.2, 0.25) is 10.6 Å². The molecule has 1 rings (SSSR count). The molecule has 0 radical (unpaired) electrons. The average Bonchev–Trinajstić information content (AvgIpc) is 2.63. The van der Waals surface area contributed by atoms with E-state index in [-0.39, 0.29) is 16.6 Å². The summed E-state index contributed by atoms with van der Waals surface area (Å²) < 4.78 is 5.46. The van der Waals surface area contributed by atoms with Gasteiger partial charge in [0.25, 0.3) is 0 Å². The van der Waals surface area contributed by atoms with Crippen molar-refractivity contribution in [3.8, 4) is 6.01 Å². The Kier molecular flexibility index (Phi) is 15.8. The molecule has 0 saturated heterocycles. The summed E-state index contributed by atoms with van der Waals surface area (Å²) >= 11 is 11.4. The molecule has 27 heavy (non-hydrogen) atoms. The van der Waals surface area contributed by atoms with E-state index in [0.717, 1.165) is 6.42 Å². The molecule has 0 unspecified atom stereocenters. The molecule has 1 aromatic rings. The highest BCUT2D eigenvalue weighted by Gasteiger charge is 2.03. The van der Waals surface area contributed by atoms with Crippen molar-refractivity contribution in [2.24, 2.45) is 0 Å². The molecule has 1 aromatic heterocycles. The number of halogens is 2. The highest BCUT2D eigenvalue weighted by atomic mass is 35.5. The minimum absolute atomic E-state index is 0.0666. The summed E-state index contributed by atoms with van der Waals surface area (Å²) in [5.74, 6) is 0. The molecule has 4 nitrogen and oxygen atoms in total. The molecule has 0 aliphatic carbocycles. The van der Waals surface area contributed by atoms with E-state index in [0.29, 0.717) is 6.61 Å². The third-order valence-corrected chi connectivity index (χ3v) is 5.13. The lowest BCUT2D eigenvalue weighted by Crippen LogP contribution is -2.02. The first-order valence-corrected chi connectivity index (χ1v) is 11.7. The predicted molar refractivity (Wildman–Crippen MR) is 115 cm³/mol. The first-order valence-electron chi connectivity index (χ1n) is 10.9. The number of hydrogen-bond acceptors (Lipinski definition) is 4. The van der Waals surface area contributed by atoms with E-state index < -0.39 is 0 Å². The normalized spacial score (nSPS) is 11.1. The zero-order chi connectivity index (χ0) is 19.6. The molecule has 0 bridgehead atoms. The fraction of sp³-hybridized carbons (Fsp3) is 0.857. The Labute approximate surface area is 175 Å². The first kappa shape index (κ1) is 24.4. The fourth-order valence-electron chi connectivity index (χ4n) is 3.19. The van der Waals surface area contributed by atoms with Crippen LogP contribution in [0.2, 0.25) is 10.6 Å². The lowest BCUT2D eigenvalue weighted by Gasteiger charge is -2.05. The number of aromatic nitrogens is 3. The monoisotopic (exact) mass is 417 g/mol. The fourth-order valence-corrected chi connectivity index (χ4v) is 3.54. The van der Waals surface area contributed by atoms with Crippen molar-refractivity contribution in [1.82, 2.24) is 15.0 Å². The van der Waals surface area contributed by atoms with Crippen LogP contribution < -0.4 is 4.74 Å². The van der Waals surface area contributed by atoms with Gasteiger partial charge in [0, 0.05) is 0 Å². The summed E-state index contributed by atoms with van der Waals surface area (Å²) in [5, 5.41) is 0.133. The number of hydrogen-bond donors (Lipinski definition) is 0. The van der Waals surface area contributed by atoms with Gasteiger partial charge in [0.05, 0.1) is 6.61 Å². The molecule has 0 atom stereocenters. The van der Waals surface area contributed by atoms with Crippen LogP contribution >= 0.6 is 23.2 Å². The second kappa shape index (κ2) is 17.5. The first-order chi connectivity index (χ1) is 13.2. The lowest BCUT2D eigenvalue weighted by molar-refractivity contribution is 0.280. The van der Waals surface area contributed by atoms with E-state index >= 15 is 0 Å². The van der Waals surface area contributed by atoms with Gasteiger partial charge in [-0.05, 0) is 29.6 Å². The zero-order valence-corrected chi connectivity index (χ0v) is 18.5. The molecule has 0 spiro atoms. The molecule has 0 saturated carbocycles. The Bertz CT molecular complexity index is 454. The van der Waals surface area contributed by atoms with Crippen molar-refractivity contribution in [3.63, 3.8) is 0 Å². The molecule has 1 heterocycles. The van der Waals surface area contributed by atoms with Crippen LogP contribution in [0.4, 0.5) is 0 Å². The van der Waals surface area contributed by atoms with Crippen LogP contribution in [0.5, 0.6) is 6.01 Å². The van der Waals surface area contributed by atoms with Gasteiger partial charge < -0.3 is 4.74 Å². The third-order valence-electron chi connectivity index (χ3n) is 4.79. The number of nitrogens with zero attached hydrogens (tertiary/aromatic N) is 3. The molecule has 0 aromatic carbocycles. The second-order valence-corrected chi connectivity index (χ2v) is 7.98. The average molecular weight is 418 g/mol. The summed E-state index contributed by atoms with van der Waals surface area (Å²) in [6.45, 7) is 2.87. The Morgan fingerprint density at radius 2 is 0.926 bits per heavy atom. The maximum atomic E-state index is 5.70. The van der Waals surface area contributed by atoms with Crippen LogP contribution in [0.1, 0.15) is 110 Å². The SMILES string of the molecule is CCCCCCCCCCCCCCCCCCOc1nc(Cl)nc(Cl)n1. The Hall–Kier alpha value is -0.610. The van der Waals surface area contributed by atoms with Gasteiger partial charge in [-0.1, -0.05) is 103 Å². The van der Waals surface area contributed by atoms with Crippen LogP contribution in [-0.2, 0) is 0 Å². The van der Waals surface area contributed by atoms with Crippen LogP contribution in [-0.4, -0.2) is 21.6 Å². The second-order valence-electron chi connectivity index (χ2n) is 7.31. The molecule has 0 amide bonds. The van der Waals surface area contributed by atoms with Gasteiger partial charge in [-0.15, -0.1) is 0 Å². The highest BCUT2D eigenvalue weighted by Crippen LogP contribution is 2.14. The summed E-state index contributed by atoms with van der Waals surface area (Å²) in [4.78, 5) is 11.5. The van der Waals surface area contributed by atoms with Crippen molar-refractivity contribution in [1.29, 1.82) is 0 Å². The van der Waals surface area contributed by atoms with Gasteiger partial charge >= 0.3 is 6.01 Å². The standard InChI is InChI=1S/C21H37Cl2N3O/c1-2-3-4-5-6-7-8-9-10-11-12-13-14-15-16-17-18-27-21-25-19(22)24-20(23)26-21/h2-18H2,1H3. The van der Waals surface area contributed by atoms with Gasteiger partial charge in [0.15, 0.2) is 0 Å². The number of unbranched alkanes of at least 4 members (excludes halogenated alkanes) is 15. The van der Waals surface area contributed by atoms with Gasteiger partial charge in [-0.25, -0.2) is 0 Å². The van der Waals surface area contributed by atoms with Crippen LogP contribution in [0.3, 0.4) is 0 Å².